The highest BCUT2D eigenvalue weighted by molar-refractivity contribution is 8.76. The van der Waals surface area contributed by atoms with E-state index in [0.29, 0.717) is 6.61 Å². The van der Waals surface area contributed by atoms with Crippen molar-refractivity contribution in [3.63, 3.8) is 0 Å². The van der Waals surface area contributed by atoms with Gasteiger partial charge in [0, 0.05) is 30.0 Å². The molecule has 0 aliphatic heterocycles. The van der Waals surface area contributed by atoms with E-state index in [1.165, 1.54) is 17.1 Å². The number of carboxylic acid groups (broad SMARTS) is 4. The van der Waals surface area contributed by atoms with Crippen molar-refractivity contribution in [1.82, 2.24) is 10.6 Å². The molecule has 2 amide bonds. The van der Waals surface area contributed by atoms with Crippen molar-refractivity contribution in [2.75, 3.05) is 12.3 Å². The Morgan fingerprint density at radius 2 is 1.36 bits per heavy atom. The number of carboxylic acids is 4. The summed E-state index contributed by atoms with van der Waals surface area (Å²) < 4.78 is 5.12. The first-order valence-electron chi connectivity index (χ1n) is 15.9. The number of aliphatic imine (C=N–C) groups is 1. The average Bonchev–Trinajstić information content (AvgIpc) is 3.06. The second-order valence-electron chi connectivity index (χ2n) is 11.5. The van der Waals surface area contributed by atoms with E-state index < -0.39 is 109 Å². The second kappa shape index (κ2) is 24.2. The molecule has 53 heavy (non-hydrogen) atoms. The van der Waals surface area contributed by atoms with Gasteiger partial charge in [0.25, 0.3) is 0 Å². The van der Waals surface area contributed by atoms with Crippen LogP contribution in [0.3, 0.4) is 0 Å². The van der Waals surface area contributed by atoms with Gasteiger partial charge >= 0.3 is 23.9 Å². The van der Waals surface area contributed by atoms with Gasteiger partial charge in [-0.1, -0.05) is 40.3 Å². The summed E-state index contributed by atoms with van der Waals surface area (Å²) >= 11 is 0. The molecule has 12 N–H and O–H groups in total. The number of aliphatic carboxylic acids is 4. The lowest BCUT2D eigenvalue weighted by atomic mass is 9.91. The molecule has 1 aromatic rings. The minimum Gasteiger partial charge on any atom is -0.497 e. The zero-order valence-corrected chi connectivity index (χ0v) is 30.1. The van der Waals surface area contributed by atoms with E-state index in [2.05, 4.69) is 22.2 Å². The van der Waals surface area contributed by atoms with Crippen LogP contribution in [-0.2, 0) is 49.7 Å². The normalized spacial score (nSPS) is 13.5. The lowest BCUT2D eigenvalue weighted by Crippen LogP contribution is -2.50. The van der Waals surface area contributed by atoms with Crippen molar-refractivity contribution in [1.29, 1.82) is 0 Å². The van der Waals surface area contributed by atoms with Crippen molar-refractivity contribution in [2.24, 2.45) is 34.0 Å². The van der Waals surface area contributed by atoms with Crippen LogP contribution in [0.2, 0.25) is 0 Å². The van der Waals surface area contributed by atoms with Crippen LogP contribution >= 0.6 is 21.6 Å². The number of ketones is 2. The minimum absolute atomic E-state index is 0.00900. The molecule has 21 heteroatoms. The number of benzene rings is 1. The van der Waals surface area contributed by atoms with Gasteiger partial charge in [0.1, 0.15) is 6.61 Å². The summed E-state index contributed by atoms with van der Waals surface area (Å²) in [4.78, 5) is 103. The lowest BCUT2D eigenvalue weighted by Gasteiger charge is -2.24. The fourth-order valence-corrected chi connectivity index (χ4v) is 6.84. The Hall–Kier alpha value is -5.15. The molecule has 5 atom stereocenters. The minimum atomic E-state index is -1.78. The fourth-order valence-electron chi connectivity index (χ4n) is 4.52. The maximum Gasteiger partial charge on any atom is 0.307 e. The van der Waals surface area contributed by atoms with E-state index in [9.17, 15) is 53.7 Å². The van der Waals surface area contributed by atoms with E-state index in [-0.39, 0.29) is 31.1 Å². The third kappa shape index (κ3) is 19.3. The molecule has 0 aliphatic rings. The molecule has 0 aromatic heterocycles. The van der Waals surface area contributed by atoms with Crippen LogP contribution in [0.15, 0.2) is 47.0 Å². The quantitative estimate of drug-likeness (QED) is 0.0179. The van der Waals surface area contributed by atoms with Crippen molar-refractivity contribution >= 4 is 74.8 Å². The Kier molecular flexibility index (Phi) is 20.9. The highest BCUT2D eigenvalue weighted by Gasteiger charge is 2.34. The molecule has 292 valence electrons. The first-order valence-corrected chi connectivity index (χ1v) is 18.2. The van der Waals surface area contributed by atoms with Crippen molar-refractivity contribution < 1.29 is 63.5 Å². The summed E-state index contributed by atoms with van der Waals surface area (Å²) in [5.74, 6) is -13.1. The van der Waals surface area contributed by atoms with Gasteiger partial charge in [0.05, 0.1) is 55.5 Å². The van der Waals surface area contributed by atoms with Crippen LogP contribution in [0.5, 0.6) is 0 Å². The van der Waals surface area contributed by atoms with Crippen LogP contribution in [0.25, 0.3) is 0 Å². The van der Waals surface area contributed by atoms with Crippen LogP contribution < -0.4 is 27.8 Å². The van der Waals surface area contributed by atoms with Gasteiger partial charge in [-0.05, 0) is 30.5 Å². The van der Waals surface area contributed by atoms with E-state index in [4.69, 9.17) is 27.0 Å². The summed E-state index contributed by atoms with van der Waals surface area (Å²) in [6.45, 7) is 3.80. The Bertz CT molecular complexity index is 1500. The molecular formula is C32H44N6O13S2. The lowest BCUT2D eigenvalue weighted by molar-refractivity contribution is -0.145. The molecule has 0 fully saturated rings. The predicted molar refractivity (Wildman–Crippen MR) is 192 cm³/mol. The number of nitrogens with zero attached hydrogens (tertiary/aromatic N) is 1. The van der Waals surface area contributed by atoms with E-state index in [1.54, 1.807) is 24.3 Å². The van der Waals surface area contributed by atoms with Crippen molar-refractivity contribution in [3.8, 4) is 0 Å². The summed E-state index contributed by atoms with van der Waals surface area (Å²) in [7, 11) is 2.37. The smallest absolute Gasteiger partial charge is 0.307 e. The number of guanidine groups is 1. The number of carbonyl (C=O) groups is 8. The van der Waals surface area contributed by atoms with Gasteiger partial charge in [0.2, 0.25) is 11.8 Å². The molecule has 0 radical (unpaired) electrons. The zero-order valence-electron chi connectivity index (χ0n) is 28.5. The number of amides is 2. The Morgan fingerprint density at radius 3 is 1.91 bits per heavy atom. The SMILES string of the molecule is C=COCc1ccc(SSC[C@H](CC(=O)[C@H](CC(=O)O)NC(=O)[C@H](CC(=O)O)CC(=O)[C@H](CCCN=C(N)N)NC(=O)[C@@H](N)CC(=O)O)C(=O)O)cc1. The molecule has 19 nitrogen and oxygen atoms in total. The molecule has 0 saturated heterocycles. The summed E-state index contributed by atoms with van der Waals surface area (Å²) in [5.41, 5.74) is 17.1. The molecule has 0 bridgehead atoms. The van der Waals surface area contributed by atoms with Gasteiger partial charge in [-0.25, -0.2) is 0 Å². The third-order valence-electron chi connectivity index (χ3n) is 7.22. The Labute approximate surface area is 311 Å². The second-order valence-corrected chi connectivity index (χ2v) is 13.9. The maximum atomic E-state index is 13.4. The first kappa shape index (κ1) is 45.9. The standard InChI is InChI=1S/C32H44N6O13S2/c1-2-51-15-17-5-7-20(8-6-17)53-52-16-19(31(49)50)11-25(40)23(14-28(45)46)38-29(47)18(12-26(41)42)10-24(39)22(4-3-9-36-32(34)35)37-30(48)21(33)13-27(43)44/h2,5-8,18-19,21-23H,1,3-4,9-16,33H2,(H,37,48)(H,38,47)(H,41,42)(H,43,44)(H,45,46)(H,49,50)(H4,34,35,36)/t18-,19-,21-,22-,23-/m0/s1. The molecule has 0 aliphatic carbocycles. The molecule has 0 heterocycles. The molecule has 1 rings (SSSR count). The van der Waals surface area contributed by atoms with E-state index >= 15 is 0 Å². The number of nitrogens with two attached hydrogens (primary N) is 3. The predicted octanol–water partition coefficient (Wildman–Crippen LogP) is 0.0970. The monoisotopic (exact) mass is 784 g/mol. The van der Waals surface area contributed by atoms with Gasteiger partial charge < -0.3 is 53.0 Å². The zero-order chi connectivity index (χ0) is 40.1. The van der Waals surface area contributed by atoms with Gasteiger partial charge in [0.15, 0.2) is 17.5 Å². The van der Waals surface area contributed by atoms with Gasteiger partial charge in [-0.2, -0.15) is 0 Å². The number of hydrogen-bond acceptors (Lipinski definition) is 13. The van der Waals surface area contributed by atoms with Crippen LogP contribution in [-0.4, -0.2) is 104 Å². The van der Waals surface area contributed by atoms with Crippen LogP contribution in [0.1, 0.15) is 50.5 Å². The van der Waals surface area contributed by atoms with Gasteiger partial charge in [-0.3, -0.25) is 43.3 Å². The maximum absolute atomic E-state index is 13.4. The van der Waals surface area contributed by atoms with Gasteiger partial charge in [-0.15, -0.1) is 0 Å². The highest BCUT2D eigenvalue weighted by Crippen LogP contribution is 2.33. The topological polar surface area (TPSA) is 341 Å². The van der Waals surface area contributed by atoms with E-state index in [1.807, 2.05) is 0 Å². The average molecular weight is 785 g/mol. The number of Topliss-reactive ketones (excluding diaryl/α,β-unsaturated/α-hetero) is 2. The number of hydrogen-bond donors (Lipinski definition) is 9. The first-order chi connectivity index (χ1) is 24.9. The summed E-state index contributed by atoms with van der Waals surface area (Å²) in [6, 6.07) is 2.45. The Morgan fingerprint density at radius 1 is 0.792 bits per heavy atom. The van der Waals surface area contributed by atoms with Crippen LogP contribution in [0, 0.1) is 11.8 Å². The summed E-state index contributed by atoms with van der Waals surface area (Å²) in [6.07, 6.45) is -2.92. The molecule has 1 aromatic carbocycles. The largest absolute Gasteiger partial charge is 0.497 e. The Balaban J connectivity index is 3.10. The van der Waals surface area contributed by atoms with Crippen molar-refractivity contribution in [3.05, 3.63) is 42.7 Å². The molecule has 0 unspecified atom stereocenters. The van der Waals surface area contributed by atoms with Crippen LogP contribution in [0.4, 0.5) is 0 Å². The highest BCUT2D eigenvalue weighted by atomic mass is 33.1. The number of ether oxygens (including phenoxy) is 1. The summed E-state index contributed by atoms with van der Waals surface area (Å²) in [5, 5.41) is 42.1. The van der Waals surface area contributed by atoms with Crippen molar-refractivity contribution in [2.45, 2.75) is 74.6 Å². The number of rotatable bonds is 28. The number of carbonyl (C=O) groups excluding carboxylic acids is 4. The number of nitrogens with one attached hydrogen (secondary N) is 2. The molecule has 0 saturated carbocycles. The molecular weight excluding hydrogens is 741 g/mol. The van der Waals surface area contributed by atoms with E-state index in [0.717, 1.165) is 21.3 Å². The molecule has 0 spiro atoms. The fraction of sp³-hybridized carbons (Fsp3) is 0.469. The third-order valence-corrected chi connectivity index (χ3v) is 9.68.